The minimum Gasteiger partial charge on any atom is -0.321 e. The van der Waals surface area contributed by atoms with Crippen molar-refractivity contribution in [2.75, 3.05) is 5.32 Å². The monoisotopic (exact) mass is 381 g/mol. The van der Waals surface area contributed by atoms with Crippen LogP contribution in [0.1, 0.15) is 27.2 Å². The fraction of sp³-hybridized carbons (Fsp3) is 0.120. The van der Waals surface area contributed by atoms with Gasteiger partial charge in [-0.3, -0.25) is 4.79 Å². The third kappa shape index (κ3) is 4.11. The average molecular weight is 381 g/mol. The summed E-state index contributed by atoms with van der Waals surface area (Å²) in [5.41, 5.74) is 7.42. The van der Waals surface area contributed by atoms with Crippen molar-refractivity contribution in [3.8, 4) is 16.9 Å². The number of nitrogens with zero attached hydrogens (tertiary/aromatic N) is 2. The third-order valence-corrected chi connectivity index (χ3v) is 4.84. The molecule has 1 heterocycles. The molecule has 1 N–H and O–H groups in total. The lowest BCUT2D eigenvalue weighted by atomic mass is 10.1. The molecule has 4 nitrogen and oxygen atoms in total. The molecule has 1 amide bonds. The van der Waals surface area contributed by atoms with Crippen LogP contribution in [0.15, 0.2) is 78.9 Å². The van der Waals surface area contributed by atoms with Crippen LogP contribution in [0.4, 0.5) is 5.69 Å². The Morgan fingerprint density at radius 1 is 0.793 bits per heavy atom. The van der Waals surface area contributed by atoms with Gasteiger partial charge in [0.2, 0.25) is 0 Å². The van der Waals surface area contributed by atoms with Gasteiger partial charge in [-0.1, -0.05) is 59.7 Å². The number of benzene rings is 3. The van der Waals surface area contributed by atoms with Crippen molar-refractivity contribution in [2.24, 2.45) is 0 Å². The van der Waals surface area contributed by atoms with E-state index in [0.29, 0.717) is 5.69 Å². The summed E-state index contributed by atoms with van der Waals surface area (Å²) in [5, 5.41) is 7.57. The zero-order valence-corrected chi connectivity index (χ0v) is 16.8. The average Bonchev–Trinajstić information content (AvgIpc) is 3.16. The third-order valence-electron chi connectivity index (χ3n) is 4.84. The van der Waals surface area contributed by atoms with Gasteiger partial charge < -0.3 is 5.32 Å². The number of hydrogen-bond acceptors (Lipinski definition) is 2. The van der Waals surface area contributed by atoms with Crippen LogP contribution < -0.4 is 5.32 Å². The van der Waals surface area contributed by atoms with Crippen molar-refractivity contribution in [1.82, 2.24) is 9.78 Å². The first-order chi connectivity index (χ1) is 14.0. The van der Waals surface area contributed by atoms with Gasteiger partial charge in [0.25, 0.3) is 5.91 Å². The van der Waals surface area contributed by atoms with Crippen LogP contribution in [0.25, 0.3) is 16.9 Å². The smallest absolute Gasteiger partial charge is 0.276 e. The van der Waals surface area contributed by atoms with E-state index >= 15 is 0 Å². The quantitative estimate of drug-likeness (QED) is 0.492. The molecule has 0 aliphatic rings. The van der Waals surface area contributed by atoms with Crippen LogP contribution in [0.3, 0.4) is 0 Å². The number of carbonyl (C=O) groups excluding carboxylic acids is 1. The minimum atomic E-state index is -0.228. The molecule has 0 unspecified atom stereocenters. The molecule has 0 aliphatic heterocycles. The SMILES string of the molecule is Cc1ccc(NC(=O)c2cc(-c3ccc(C)cc3)n(-c3cccc(C)c3)n2)cc1. The molecule has 3 aromatic carbocycles. The number of hydrogen-bond donors (Lipinski definition) is 1. The van der Waals surface area contributed by atoms with E-state index in [4.69, 9.17) is 0 Å². The summed E-state index contributed by atoms with van der Waals surface area (Å²) < 4.78 is 1.84. The number of amides is 1. The highest BCUT2D eigenvalue weighted by Gasteiger charge is 2.17. The Morgan fingerprint density at radius 2 is 1.45 bits per heavy atom. The van der Waals surface area contributed by atoms with Gasteiger partial charge in [-0.05, 0) is 56.7 Å². The summed E-state index contributed by atoms with van der Waals surface area (Å²) >= 11 is 0. The molecule has 0 fully saturated rings. The van der Waals surface area contributed by atoms with E-state index in [1.807, 2.05) is 67.1 Å². The maximum absolute atomic E-state index is 12.9. The van der Waals surface area contributed by atoms with Crippen LogP contribution >= 0.6 is 0 Å². The number of aryl methyl sites for hydroxylation is 3. The normalized spacial score (nSPS) is 10.7. The largest absolute Gasteiger partial charge is 0.321 e. The van der Waals surface area contributed by atoms with E-state index in [-0.39, 0.29) is 5.91 Å². The lowest BCUT2D eigenvalue weighted by Crippen LogP contribution is -2.13. The molecule has 4 aromatic rings. The van der Waals surface area contributed by atoms with Crippen molar-refractivity contribution in [2.45, 2.75) is 20.8 Å². The van der Waals surface area contributed by atoms with Gasteiger partial charge >= 0.3 is 0 Å². The molecule has 0 radical (unpaired) electrons. The zero-order valence-electron chi connectivity index (χ0n) is 16.8. The second-order valence-electron chi connectivity index (χ2n) is 7.35. The van der Waals surface area contributed by atoms with Gasteiger partial charge in [-0.2, -0.15) is 5.10 Å². The number of anilines is 1. The summed E-state index contributed by atoms with van der Waals surface area (Å²) in [6.07, 6.45) is 0. The Hall–Kier alpha value is -3.66. The molecule has 29 heavy (non-hydrogen) atoms. The zero-order chi connectivity index (χ0) is 20.4. The number of aromatic nitrogens is 2. The topological polar surface area (TPSA) is 46.9 Å². The highest BCUT2D eigenvalue weighted by Crippen LogP contribution is 2.25. The van der Waals surface area contributed by atoms with Crippen LogP contribution in [-0.4, -0.2) is 15.7 Å². The fourth-order valence-corrected chi connectivity index (χ4v) is 3.21. The molecular formula is C25H23N3O. The Labute approximate surface area is 170 Å². The molecule has 144 valence electrons. The van der Waals surface area contributed by atoms with Crippen molar-refractivity contribution in [3.63, 3.8) is 0 Å². The summed E-state index contributed by atoms with van der Waals surface area (Å²) in [6, 6.07) is 25.9. The van der Waals surface area contributed by atoms with Crippen molar-refractivity contribution >= 4 is 11.6 Å². The van der Waals surface area contributed by atoms with Gasteiger partial charge in [-0.25, -0.2) is 4.68 Å². The van der Waals surface area contributed by atoms with E-state index in [2.05, 4.69) is 47.7 Å². The molecular weight excluding hydrogens is 358 g/mol. The van der Waals surface area contributed by atoms with Gasteiger partial charge in [0, 0.05) is 11.3 Å². The standard InChI is InChI=1S/C25H23N3O/c1-17-7-11-20(12-8-17)24-16-23(25(29)26-21-13-9-18(2)10-14-21)27-28(24)22-6-4-5-19(3)15-22/h4-16H,1-3H3,(H,26,29). The number of rotatable bonds is 4. The first-order valence-electron chi connectivity index (χ1n) is 9.62. The summed E-state index contributed by atoms with van der Waals surface area (Å²) in [4.78, 5) is 12.9. The lowest BCUT2D eigenvalue weighted by molar-refractivity contribution is 0.102. The Balaban J connectivity index is 1.75. The molecule has 0 aliphatic carbocycles. The van der Waals surface area contributed by atoms with Crippen molar-refractivity contribution in [1.29, 1.82) is 0 Å². The fourth-order valence-electron chi connectivity index (χ4n) is 3.21. The predicted molar refractivity (Wildman–Crippen MR) is 118 cm³/mol. The molecule has 4 heteroatoms. The number of carbonyl (C=O) groups is 1. The first kappa shape index (κ1) is 18.7. The number of nitrogens with one attached hydrogen (secondary N) is 1. The maximum atomic E-state index is 12.9. The van der Waals surface area contributed by atoms with Crippen LogP contribution in [0.2, 0.25) is 0 Å². The minimum absolute atomic E-state index is 0.228. The second kappa shape index (κ2) is 7.76. The highest BCUT2D eigenvalue weighted by molar-refractivity contribution is 6.03. The highest BCUT2D eigenvalue weighted by atomic mass is 16.1. The van der Waals surface area contributed by atoms with E-state index in [1.165, 1.54) is 5.56 Å². The molecule has 4 rings (SSSR count). The van der Waals surface area contributed by atoms with Crippen LogP contribution in [0.5, 0.6) is 0 Å². The lowest BCUT2D eigenvalue weighted by Gasteiger charge is -2.08. The predicted octanol–water partition coefficient (Wildman–Crippen LogP) is 5.72. The van der Waals surface area contributed by atoms with Gasteiger partial charge in [0.05, 0.1) is 11.4 Å². The van der Waals surface area contributed by atoms with Crippen LogP contribution in [-0.2, 0) is 0 Å². The molecule has 0 spiro atoms. The van der Waals surface area contributed by atoms with E-state index in [9.17, 15) is 4.79 Å². The summed E-state index contributed by atoms with van der Waals surface area (Å²) in [6.45, 7) is 6.12. The van der Waals surface area contributed by atoms with Gasteiger partial charge in [0.15, 0.2) is 5.69 Å². The van der Waals surface area contributed by atoms with Crippen molar-refractivity contribution in [3.05, 3.63) is 101 Å². The second-order valence-corrected chi connectivity index (χ2v) is 7.35. The Kier molecular flexibility index (Phi) is 5.00. The van der Waals surface area contributed by atoms with Gasteiger partial charge in [0.1, 0.15) is 0 Å². The molecule has 0 saturated carbocycles. The van der Waals surface area contributed by atoms with Crippen LogP contribution in [0, 0.1) is 20.8 Å². The Bertz CT molecular complexity index is 1160. The van der Waals surface area contributed by atoms with E-state index < -0.39 is 0 Å². The summed E-state index contributed by atoms with van der Waals surface area (Å²) in [7, 11) is 0. The molecule has 0 saturated heterocycles. The first-order valence-corrected chi connectivity index (χ1v) is 9.62. The molecule has 0 bridgehead atoms. The molecule has 1 aromatic heterocycles. The van der Waals surface area contributed by atoms with E-state index in [1.54, 1.807) is 0 Å². The van der Waals surface area contributed by atoms with E-state index in [0.717, 1.165) is 33.8 Å². The summed E-state index contributed by atoms with van der Waals surface area (Å²) in [5.74, 6) is -0.228. The maximum Gasteiger partial charge on any atom is 0.276 e. The molecule has 0 atom stereocenters. The van der Waals surface area contributed by atoms with Gasteiger partial charge in [-0.15, -0.1) is 0 Å². The Morgan fingerprint density at radius 3 is 2.10 bits per heavy atom. The van der Waals surface area contributed by atoms with Crippen molar-refractivity contribution < 1.29 is 4.79 Å².